The van der Waals surface area contributed by atoms with Crippen LogP contribution in [0.1, 0.15) is 38.7 Å². The van der Waals surface area contributed by atoms with Gasteiger partial charge in [-0.1, -0.05) is 6.92 Å². The Morgan fingerprint density at radius 3 is 2.71 bits per heavy atom. The number of H-pyrrole nitrogens is 1. The topological polar surface area (TPSA) is 87.1 Å². The average Bonchev–Trinajstić information content (AvgIpc) is 3.25. The van der Waals surface area contributed by atoms with E-state index < -0.39 is 10.0 Å². The van der Waals surface area contributed by atoms with Gasteiger partial charge in [-0.25, -0.2) is 18.4 Å². The molecule has 2 aromatic heterocycles. The summed E-state index contributed by atoms with van der Waals surface area (Å²) in [6.07, 6.45) is 6.64. The van der Waals surface area contributed by atoms with Gasteiger partial charge in [-0.05, 0) is 20.4 Å². The van der Waals surface area contributed by atoms with Gasteiger partial charge in [0, 0.05) is 44.3 Å². The first kappa shape index (κ1) is 17.1. The molecule has 1 saturated heterocycles. The summed E-state index contributed by atoms with van der Waals surface area (Å²) in [5, 5.41) is 0.111. The van der Waals surface area contributed by atoms with Crippen molar-refractivity contribution in [1.82, 2.24) is 28.7 Å². The molecule has 24 heavy (non-hydrogen) atoms. The molecule has 0 amide bonds. The zero-order valence-corrected chi connectivity index (χ0v) is 15.1. The highest BCUT2D eigenvalue weighted by Crippen LogP contribution is 2.26. The molecule has 0 aliphatic carbocycles. The van der Waals surface area contributed by atoms with E-state index in [1.165, 1.54) is 4.31 Å². The summed E-state index contributed by atoms with van der Waals surface area (Å²) < 4.78 is 29.2. The first-order valence-corrected chi connectivity index (χ1v) is 9.64. The third kappa shape index (κ3) is 3.11. The lowest BCUT2D eigenvalue weighted by Crippen LogP contribution is -2.50. The minimum Gasteiger partial charge on any atom is -0.347 e. The van der Waals surface area contributed by atoms with Crippen LogP contribution in [0.15, 0.2) is 29.9 Å². The lowest BCUT2D eigenvalue weighted by Gasteiger charge is -2.38. The average molecular weight is 352 g/mol. The second kappa shape index (κ2) is 6.66. The van der Waals surface area contributed by atoms with Crippen molar-refractivity contribution < 1.29 is 8.42 Å². The zero-order valence-electron chi connectivity index (χ0n) is 14.3. The van der Waals surface area contributed by atoms with Crippen LogP contribution in [-0.2, 0) is 10.0 Å². The number of nitrogens with zero attached hydrogens (tertiary/aromatic N) is 5. The number of rotatable bonds is 5. The van der Waals surface area contributed by atoms with Gasteiger partial charge in [0.2, 0.25) is 0 Å². The van der Waals surface area contributed by atoms with E-state index in [9.17, 15) is 8.42 Å². The van der Waals surface area contributed by atoms with Crippen LogP contribution in [0.5, 0.6) is 0 Å². The number of aromatic nitrogens is 4. The van der Waals surface area contributed by atoms with Crippen LogP contribution in [0.25, 0.3) is 0 Å². The third-order valence-electron chi connectivity index (χ3n) is 4.47. The molecule has 132 valence electrons. The first-order chi connectivity index (χ1) is 11.4. The first-order valence-electron chi connectivity index (χ1n) is 8.20. The number of imidazole rings is 2. The Morgan fingerprint density at radius 2 is 2.12 bits per heavy atom. The van der Waals surface area contributed by atoms with Crippen molar-refractivity contribution in [2.45, 2.75) is 37.9 Å². The molecule has 9 heteroatoms. The lowest BCUT2D eigenvalue weighted by molar-refractivity contribution is 0.119. The summed E-state index contributed by atoms with van der Waals surface area (Å²) in [6, 6.07) is 0.106. The van der Waals surface area contributed by atoms with Crippen LogP contribution in [0.2, 0.25) is 0 Å². The van der Waals surface area contributed by atoms with E-state index in [-0.39, 0.29) is 17.1 Å². The van der Waals surface area contributed by atoms with Crippen molar-refractivity contribution in [2.24, 2.45) is 0 Å². The molecule has 1 atom stereocenters. The fourth-order valence-corrected chi connectivity index (χ4v) is 4.34. The van der Waals surface area contributed by atoms with Gasteiger partial charge in [0.25, 0.3) is 10.0 Å². The molecule has 1 aliphatic rings. The van der Waals surface area contributed by atoms with Gasteiger partial charge in [0.15, 0.2) is 5.03 Å². The Morgan fingerprint density at radius 1 is 1.33 bits per heavy atom. The molecule has 0 unspecified atom stereocenters. The number of hydrogen-bond acceptors (Lipinski definition) is 5. The standard InChI is InChI=1S/C15H24N6O2S/c1-4-19-7-8-21(9-13(19)15-16-5-6-17-15)24(22,23)14-10-20(11-18-14)12(2)3/h5-6,10-13H,4,7-9H2,1-3H3,(H,16,17)/t13-/m0/s1. The van der Waals surface area contributed by atoms with E-state index in [0.717, 1.165) is 12.4 Å². The third-order valence-corrected chi connectivity index (χ3v) is 6.22. The van der Waals surface area contributed by atoms with Crippen molar-refractivity contribution in [3.63, 3.8) is 0 Å². The maximum absolute atomic E-state index is 12.9. The van der Waals surface area contributed by atoms with Crippen LogP contribution >= 0.6 is 0 Å². The Labute approximate surface area is 142 Å². The molecule has 3 heterocycles. The number of hydrogen-bond donors (Lipinski definition) is 1. The van der Waals surface area contributed by atoms with Crippen LogP contribution in [-0.4, -0.2) is 63.3 Å². The largest absolute Gasteiger partial charge is 0.347 e. The molecule has 0 aromatic carbocycles. The summed E-state index contributed by atoms with van der Waals surface area (Å²) in [4.78, 5) is 13.8. The Balaban J connectivity index is 1.85. The number of likely N-dealkylation sites (N-methyl/N-ethyl adjacent to an activating group) is 1. The molecule has 3 rings (SSSR count). The van der Waals surface area contributed by atoms with Crippen LogP contribution in [0.4, 0.5) is 0 Å². The number of aromatic amines is 1. The molecule has 8 nitrogen and oxygen atoms in total. The molecule has 1 fully saturated rings. The van der Waals surface area contributed by atoms with Crippen molar-refractivity contribution in [3.8, 4) is 0 Å². The Kier molecular flexibility index (Phi) is 4.75. The molecular formula is C15H24N6O2S. The highest BCUT2D eigenvalue weighted by atomic mass is 32.2. The van der Waals surface area contributed by atoms with E-state index in [1.54, 1.807) is 29.5 Å². The number of sulfonamides is 1. The predicted molar refractivity (Wildman–Crippen MR) is 89.9 cm³/mol. The van der Waals surface area contributed by atoms with Gasteiger partial charge in [0.1, 0.15) is 5.82 Å². The van der Waals surface area contributed by atoms with E-state index in [4.69, 9.17) is 0 Å². The molecule has 0 spiro atoms. The SMILES string of the molecule is CCN1CCN(S(=O)(=O)c2cn(C(C)C)cn2)C[C@H]1c1ncc[nH]1. The minimum absolute atomic E-state index is 0.0688. The molecule has 0 saturated carbocycles. The maximum Gasteiger partial charge on any atom is 0.262 e. The van der Waals surface area contributed by atoms with E-state index >= 15 is 0 Å². The molecule has 1 aliphatic heterocycles. The van der Waals surface area contributed by atoms with E-state index in [2.05, 4.69) is 26.8 Å². The lowest BCUT2D eigenvalue weighted by atomic mass is 10.2. The van der Waals surface area contributed by atoms with Gasteiger partial charge in [0.05, 0.1) is 12.4 Å². The van der Waals surface area contributed by atoms with Gasteiger partial charge in [-0.2, -0.15) is 4.31 Å². The molecular weight excluding hydrogens is 328 g/mol. The van der Waals surface area contributed by atoms with Gasteiger partial charge < -0.3 is 9.55 Å². The highest BCUT2D eigenvalue weighted by Gasteiger charge is 2.36. The monoisotopic (exact) mass is 352 g/mol. The zero-order chi connectivity index (χ0) is 17.3. The highest BCUT2D eigenvalue weighted by molar-refractivity contribution is 7.89. The fourth-order valence-electron chi connectivity index (χ4n) is 2.98. The van der Waals surface area contributed by atoms with Gasteiger partial charge in [-0.15, -0.1) is 0 Å². The van der Waals surface area contributed by atoms with Crippen LogP contribution in [0.3, 0.4) is 0 Å². The summed E-state index contributed by atoms with van der Waals surface area (Å²) in [6.45, 7) is 8.41. The van der Waals surface area contributed by atoms with Gasteiger partial charge in [-0.3, -0.25) is 4.90 Å². The van der Waals surface area contributed by atoms with Crippen molar-refractivity contribution in [3.05, 3.63) is 30.7 Å². The maximum atomic E-state index is 12.9. The predicted octanol–water partition coefficient (Wildman–Crippen LogP) is 1.25. The van der Waals surface area contributed by atoms with E-state index in [0.29, 0.717) is 19.6 Å². The smallest absolute Gasteiger partial charge is 0.262 e. The Bertz CT molecular complexity index is 768. The van der Waals surface area contributed by atoms with Gasteiger partial charge >= 0.3 is 0 Å². The number of nitrogens with one attached hydrogen (secondary N) is 1. The molecule has 2 aromatic rings. The molecule has 1 N–H and O–H groups in total. The quantitative estimate of drug-likeness (QED) is 0.875. The second-order valence-electron chi connectivity index (χ2n) is 6.23. The Hall–Kier alpha value is -1.71. The van der Waals surface area contributed by atoms with Crippen molar-refractivity contribution >= 4 is 10.0 Å². The summed E-state index contributed by atoms with van der Waals surface area (Å²) in [5.41, 5.74) is 0. The van der Waals surface area contributed by atoms with Crippen molar-refractivity contribution in [2.75, 3.05) is 26.2 Å². The van der Waals surface area contributed by atoms with Crippen molar-refractivity contribution in [1.29, 1.82) is 0 Å². The normalized spacial score (nSPS) is 20.8. The minimum atomic E-state index is -3.60. The molecule has 0 radical (unpaired) electrons. The van der Waals surface area contributed by atoms with E-state index in [1.807, 2.05) is 13.8 Å². The molecule has 0 bridgehead atoms. The van der Waals surface area contributed by atoms with Crippen LogP contribution in [0, 0.1) is 0 Å². The van der Waals surface area contributed by atoms with Crippen LogP contribution < -0.4 is 0 Å². The number of piperazine rings is 1. The fraction of sp³-hybridized carbons (Fsp3) is 0.600. The second-order valence-corrected chi connectivity index (χ2v) is 8.12. The summed E-state index contributed by atoms with van der Waals surface area (Å²) >= 11 is 0. The summed E-state index contributed by atoms with van der Waals surface area (Å²) in [7, 11) is -3.60. The summed E-state index contributed by atoms with van der Waals surface area (Å²) in [5.74, 6) is 0.796.